The van der Waals surface area contributed by atoms with Gasteiger partial charge in [0.2, 0.25) is 0 Å². The molecule has 0 amide bonds. The Morgan fingerprint density at radius 2 is 2.19 bits per heavy atom. The lowest BCUT2D eigenvalue weighted by Gasteiger charge is -2.08. The van der Waals surface area contributed by atoms with Crippen molar-refractivity contribution in [3.8, 4) is 0 Å². The highest BCUT2D eigenvalue weighted by molar-refractivity contribution is 5.40. The normalized spacial score (nSPS) is 25.2. The van der Waals surface area contributed by atoms with Crippen LogP contribution in [0, 0.1) is 11.3 Å². The summed E-state index contributed by atoms with van der Waals surface area (Å²) in [5.41, 5.74) is 3.33. The Morgan fingerprint density at radius 1 is 1.38 bits per heavy atom. The quantitative estimate of drug-likeness (QED) is 0.840. The molecule has 0 radical (unpaired) electrons. The van der Waals surface area contributed by atoms with Crippen molar-refractivity contribution < 1.29 is 0 Å². The molecule has 2 nitrogen and oxygen atoms in total. The van der Waals surface area contributed by atoms with Crippen molar-refractivity contribution in [2.45, 2.75) is 39.5 Å². The summed E-state index contributed by atoms with van der Waals surface area (Å²) in [6.07, 6.45) is 5.02. The van der Waals surface area contributed by atoms with Crippen LogP contribution in [0.5, 0.6) is 0 Å². The molecule has 1 aromatic rings. The van der Waals surface area contributed by atoms with Crippen molar-refractivity contribution in [1.29, 1.82) is 0 Å². The van der Waals surface area contributed by atoms with Gasteiger partial charge in [-0.1, -0.05) is 19.9 Å². The van der Waals surface area contributed by atoms with Crippen LogP contribution in [-0.4, -0.2) is 11.5 Å². The van der Waals surface area contributed by atoms with Crippen LogP contribution >= 0.6 is 0 Å². The maximum atomic E-state index is 4.69. The summed E-state index contributed by atoms with van der Waals surface area (Å²) in [6, 6.07) is 4.38. The Morgan fingerprint density at radius 3 is 2.94 bits per heavy atom. The molecule has 1 N–H and O–H groups in total. The predicted octanol–water partition coefficient (Wildman–Crippen LogP) is 3.03. The molecule has 0 aliphatic heterocycles. The molecule has 3 rings (SSSR count). The zero-order chi connectivity index (χ0) is 11.2. The topological polar surface area (TPSA) is 24.9 Å². The molecule has 86 valence electrons. The fraction of sp³-hybridized carbons (Fsp3) is 0.643. The summed E-state index contributed by atoms with van der Waals surface area (Å²) in [4.78, 5) is 4.69. The number of aromatic nitrogens is 1. The van der Waals surface area contributed by atoms with Crippen molar-refractivity contribution in [3.63, 3.8) is 0 Å². The van der Waals surface area contributed by atoms with Gasteiger partial charge < -0.3 is 5.32 Å². The van der Waals surface area contributed by atoms with E-state index in [9.17, 15) is 0 Å². The van der Waals surface area contributed by atoms with Gasteiger partial charge in [0.15, 0.2) is 0 Å². The van der Waals surface area contributed by atoms with Crippen LogP contribution in [0.2, 0.25) is 0 Å². The predicted molar refractivity (Wildman–Crippen MR) is 66.6 cm³/mol. The van der Waals surface area contributed by atoms with E-state index in [-0.39, 0.29) is 0 Å². The van der Waals surface area contributed by atoms with Crippen molar-refractivity contribution in [1.82, 2.24) is 4.98 Å². The number of nitrogens with zero attached hydrogens (tertiary/aromatic N) is 1. The van der Waals surface area contributed by atoms with Crippen molar-refractivity contribution in [2.75, 3.05) is 11.9 Å². The van der Waals surface area contributed by atoms with Crippen molar-refractivity contribution >= 4 is 5.82 Å². The molecule has 1 fully saturated rings. The number of hydrogen-bond acceptors (Lipinski definition) is 2. The van der Waals surface area contributed by atoms with Gasteiger partial charge in [-0.15, -0.1) is 0 Å². The van der Waals surface area contributed by atoms with Crippen LogP contribution < -0.4 is 5.32 Å². The number of fused-ring (bicyclic) bond motifs is 1. The lowest BCUT2D eigenvalue weighted by molar-refractivity contribution is 0.573. The summed E-state index contributed by atoms with van der Waals surface area (Å²) in [6.45, 7) is 5.77. The van der Waals surface area contributed by atoms with Gasteiger partial charge >= 0.3 is 0 Å². The van der Waals surface area contributed by atoms with E-state index in [1.807, 2.05) is 0 Å². The molecule has 2 aliphatic carbocycles. The number of aryl methyl sites for hydroxylation is 2. The van der Waals surface area contributed by atoms with Gasteiger partial charge in [0, 0.05) is 12.2 Å². The van der Waals surface area contributed by atoms with Crippen molar-refractivity contribution in [2.24, 2.45) is 11.3 Å². The SMILES string of the molecule is CC1(C)CC1CNc1ccc2c(n1)CCC2. The molecule has 0 bridgehead atoms. The molecule has 1 aromatic heterocycles. The highest BCUT2D eigenvalue weighted by atomic mass is 15.0. The maximum absolute atomic E-state index is 4.69. The second-order valence-corrected chi connectivity index (χ2v) is 5.93. The summed E-state index contributed by atoms with van der Waals surface area (Å²) in [5.74, 6) is 1.91. The van der Waals surface area contributed by atoms with E-state index in [2.05, 4.69) is 36.3 Å². The molecule has 16 heavy (non-hydrogen) atoms. The molecule has 2 aliphatic rings. The van der Waals surface area contributed by atoms with Crippen LogP contribution in [0.4, 0.5) is 5.82 Å². The molecular weight excluding hydrogens is 196 g/mol. The second-order valence-electron chi connectivity index (χ2n) is 5.93. The minimum Gasteiger partial charge on any atom is -0.370 e. The van der Waals surface area contributed by atoms with E-state index in [0.717, 1.165) is 18.3 Å². The lowest BCUT2D eigenvalue weighted by atomic mass is 10.1. The minimum absolute atomic E-state index is 0.559. The third-order valence-corrected chi connectivity index (χ3v) is 4.18. The largest absolute Gasteiger partial charge is 0.370 e. The van der Waals surface area contributed by atoms with E-state index < -0.39 is 0 Å². The highest BCUT2D eigenvalue weighted by Crippen LogP contribution is 2.51. The molecule has 0 aromatic carbocycles. The van der Waals surface area contributed by atoms with Gasteiger partial charge in [0.1, 0.15) is 5.82 Å². The average molecular weight is 216 g/mol. The van der Waals surface area contributed by atoms with E-state index in [1.165, 1.54) is 36.9 Å². The second kappa shape index (κ2) is 3.47. The number of anilines is 1. The Labute approximate surface area is 97.5 Å². The molecule has 1 heterocycles. The van der Waals surface area contributed by atoms with Gasteiger partial charge in [-0.05, 0) is 48.6 Å². The van der Waals surface area contributed by atoms with Gasteiger partial charge in [-0.25, -0.2) is 4.98 Å². The third-order valence-electron chi connectivity index (χ3n) is 4.18. The first-order valence-corrected chi connectivity index (χ1v) is 6.38. The Hall–Kier alpha value is -1.05. The van der Waals surface area contributed by atoms with E-state index in [0.29, 0.717) is 5.41 Å². The first-order chi connectivity index (χ1) is 7.65. The van der Waals surface area contributed by atoms with Crippen LogP contribution in [0.3, 0.4) is 0 Å². The van der Waals surface area contributed by atoms with E-state index in [4.69, 9.17) is 0 Å². The van der Waals surface area contributed by atoms with Gasteiger partial charge in [-0.3, -0.25) is 0 Å². The number of hydrogen-bond donors (Lipinski definition) is 1. The van der Waals surface area contributed by atoms with E-state index >= 15 is 0 Å². The number of pyridine rings is 1. The van der Waals surface area contributed by atoms with E-state index in [1.54, 1.807) is 0 Å². The van der Waals surface area contributed by atoms with Crippen LogP contribution in [-0.2, 0) is 12.8 Å². The summed E-state index contributed by atoms with van der Waals surface area (Å²) < 4.78 is 0. The molecule has 1 saturated carbocycles. The fourth-order valence-electron chi connectivity index (χ4n) is 2.67. The van der Waals surface area contributed by atoms with Gasteiger partial charge in [0.05, 0.1) is 0 Å². The molecule has 0 spiro atoms. The molecule has 0 saturated heterocycles. The Kier molecular flexibility index (Phi) is 2.20. The number of nitrogens with one attached hydrogen (secondary N) is 1. The Balaban J connectivity index is 1.63. The minimum atomic E-state index is 0.559. The molecule has 2 heteroatoms. The summed E-state index contributed by atoms with van der Waals surface area (Å²) in [5, 5.41) is 3.48. The average Bonchev–Trinajstić information content (AvgIpc) is 2.69. The third kappa shape index (κ3) is 1.81. The first-order valence-electron chi connectivity index (χ1n) is 6.38. The van der Waals surface area contributed by atoms with Gasteiger partial charge in [-0.2, -0.15) is 0 Å². The van der Waals surface area contributed by atoms with Gasteiger partial charge in [0.25, 0.3) is 0 Å². The molecule has 1 unspecified atom stereocenters. The fourth-order valence-corrected chi connectivity index (χ4v) is 2.67. The van der Waals surface area contributed by atoms with Crippen LogP contribution in [0.25, 0.3) is 0 Å². The molecular formula is C14H20N2. The smallest absolute Gasteiger partial charge is 0.126 e. The monoisotopic (exact) mass is 216 g/mol. The maximum Gasteiger partial charge on any atom is 0.126 e. The highest BCUT2D eigenvalue weighted by Gasteiger charge is 2.44. The zero-order valence-electron chi connectivity index (χ0n) is 10.2. The van der Waals surface area contributed by atoms with Crippen molar-refractivity contribution in [3.05, 3.63) is 23.4 Å². The molecule has 1 atom stereocenters. The lowest BCUT2D eigenvalue weighted by Crippen LogP contribution is -2.09. The summed E-state index contributed by atoms with van der Waals surface area (Å²) in [7, 11) is 0. The Bertz CT molecular complexity index is 409. The first kappa shape index (κ1) is 10.1. The standard InChI is InChI=1S/C14H20N2/c1-14(2)8-11(14)9-15-13-7-6-10-4-3-5-12(10)16-13/h6-7,11H,3-5,8-9H2,1-2H3,(H,15,16). The number of rotatable bonds is 3. The zero-order valence-corrected chi connectivity index (χ0v) is 10.2. The van der Waals surface area contributed by atoms with Crippen LogP contribution in [0.1, 0.15) is 37.9 Å². The van der Waals surface area contributed by atoms with Crippen LogP contribution in [0.15, 0.2) is 12.1 Å². The summed E-state index contributed by atoms with van der Waals surface area (Å²) >= 11 is 0.